The van der Waals surface area contributed by atoms with Crippen molar-refractivity contribution in [2.45, 2.75) is 25.1 Å². The van der Waals surface area contributed by atoms with Crippen molar-refractivity contribution in [3.8, 4) is 17.0 Å². The second-order valence-electron chi connectivity index (χ2n) is 8.36. The third kappa shape index (κ3) is 3.46. The van der Waals surface area contributed by atoms with Gasteiger partial charge in [-0.05, 0) is 62.7 Å². The van der Waals surface area contributed by atoms with Crippen molar-refractivity contribution in [2.75, 3.05) is 31.6 Å². The van der Waals surface area contributed by atoms with Gasteiger partial charge < -0.3 is 14.9 Å². The van der Waals surface area contributed by atoms with Gasteiger partial charge in [-0.2, -0.15) is 13.2 Å². The number of hydrogen-bond acceptors (Lipinski definition) is 6. The predicted octanol–water partition coefficient (Wildman–Crippen LogP) is 3.95. The average molecular weight is 429 g/mol. The van der Waals surface area contributed by atoms with Gasteiger partial charge in [0.25, 0.3) is 0 Å². The highest BCUT2D eigenvalue weighted by atomic mass is 19.4. The van der Waals surface area contributed by atoms with E-state index in [1.165, 1.54) is 6.07 Å². The smallest absolute Gasteiger partial charge is 0.416 e. The van der Waals surface area contributed by atoms with Crippen molar-refractivity contribution in [1.82, 2.24) is 20.1 Å². The monoisotopic (exact) mass is 429 g/mol. The molecule has 0 unspecified atom stereocenters. The highest BCUT2D eigenvalue weighted by Gasteiger charge is 2.39. The normalized spacial score (nSPS) is 22.1. The summed E-state index contributed by atoms with van der Waals surface area (Å²) in [6, 6.07) is 6.79. The molecule has 6 nitrogen and oxygen atoms in total. The fourth-order valence-corrected chi connectivity index (χ4v) is 4.84. The third-order valence-electron chi connectivity index (χ3n) is 6.44. The number of alkyl halides is 3. The third-order valence-corrected chi connectivity index (χ3v) is 6.44. The van der Waals surface area contributed by atoms with Crippen LogP contribution >= 0.6 is 0 Å². The summed E-state index contributed by atoms with van der Waals surface area (Å²) in [5.41, 5.74) is 0.238. The van der Waals surface area contributed by atoms with E-state index in [4.69, 9.17) is 0 Å². The van der Waals surface area contributed by atoms with Crippen LogP contribution in [-0.2, 0) is 6.18 Å². The van der Waals surface area contributed by atoms with Crippen LogP contribution < -0.4 is 4.90 Å². The molecule has 0 amide bonds. The maximum Gasteiger partial charge on any atom is 0.416 e. The molecule has 31 heavy (non-hydrogen) atoms. The maximum absolute atomic E-state index is 13.0. The number of hydrogen-bond donors (Lipinski definition) is 1. The van der Waals surface area contributed by atoms with Crippen LogP contribution in [0.2, 0.25) is 0 Å². The molecule has 9 heteroatoms. The van der Waals surface area contributed by atoms with Gasteiger partial charge in [0, 0.05) is 36.3 Å². The second kappa shape index (κ2) is 7.33. The largest absolute Gasteiger partial charge is 0.507 e. The quantitative estimate of drug-likeness (QED) is 0.666. The number of halogens is 3. The zero-order valence-corrected chi connectivity index (χ0v) is 17.0. The van der Waals surface area contributed by atoms with E-state index in [1.54, 1.807) is 12.3 Å². The van der Waals surface area contributed by atoms with Gasteiger partial charge in [0.1, 0.15) is 17.0 Å². The first-order valence-electron chi connectivity index (χ1n) is 10.3. The lowest BCUT2D eigenvalue weighted by molar-refractivity contribution is -0.137. The van der Waals surface area contributed by atoms with Crippen LogP contribution in [0.3, 0.4) is 0 Å². The van der Waals surface area contributed by atoms with E-state index in [0.29, 0.717) is 34.4 Å². The molecule has 0 aliphatic carbocycles. The molecule has 0 spiro atoms. The summed E-state index contributed by atoms with van der Waals surface area (Å²) in [6.45, 7) is 2.91. The first-order chi connectivity index (χ1) is 14.8. The number of fused-ring (bicyclic) bond motifs is 2. The number of likely N-dealkylation sites (tertiary alicyclic amines) is 1. The molecule has 0 bridgehead atoms. The Morgan fingerprint density at radius 2 is 1.90 bits per heavy atom. The molecule has 0 radical (unpaired) electrons. The Balaban J connectivity index is 1.59. The van der Waals surface area contributed by atoms with Gasteiger partial charge >= 0.3 is 6.18 Å². The summed E-state index contributed by atoms with van der Waals surface area (Å²) in [6.07, 6.45) is -0.622. The van der Waals surface area contributed by atoms with E-state index in [0.717, 1.165) is 44.6 Å². The standard InChI is InChI=1S/C22H22F3N5O/c1-29-9-6-13-7-10-30(17(13)12-29)21-20-16(3-2-8-26-20)19(27-28-21)15-5-4-14(11-18(15)31)22(23,24)25/h2-5,8,11,13,17,31H,6-7,9-10,12H2,1H3/t13-,17-/m0/s1. The van der Waals surface area contributed by atoms with E-state index in [-0.39, 0.29) is 5.56 Å². The molecule has 2 aliphatic heterocycles. The molecule has 2 aliphatic rings. The Kier molecular flexibility index (Phi) is 4.73. The SMILES string of the molecule is CN1CC[C@H]2CCN(c3nnc(-c4ccc(C(F)(F)F)cc4O)c4cccnc34)[C@H]2C1. The fourth-order valence-electron chi connectivity index (χ4n) is 4.84. The number of aromatic hydroxyl groups is 1. The van der Waals surface area contributed by atoms with E-state index >= 15 is 0 Å². The Hall–Kier alpha value is -2.94. The molecule has 0 saturated carbocycles. The van der Waals surface area contributed by atoms with Crippen LogP contribution in [0.1, 0.15) is 18.4 Å². The Bertz CT molecular complexity index is 1140. The van der Waals surface area contributed by atoms with Crippen molar-refractivity contribution in [3.63, 3.8) is 0 Å². The minimum atomic E-state index is -4.53. The summed E-state index contributed by atoms with van der Waals surface area (Å²) in [5.74, 6) is 0.807. The maximum atomic E-state index is 13.0. The molecular weight excluding hydrogens is 407 g/mol. The van der Waals surface area contributed by atoms with Crippen molar-refractivity contribution in [1.29, 1.82) is 0 Å². The number of aromatic nitrogens is 3. The van der Waals surface area contributed by atoms with E-state index in [1.807, 2.05) is 6.07 Å². The minimum Gasteiger partial charge on any atom is -0.507 e. The Labute approximate surface area is 177 Å². The van der Waals surface area contributed by atoms with E-state index in [9.17, 15) is 18.3 Å². The molecule has 3 aromatic rings. The summed E-state index contributed by atoms with van der Waals surface area (Å²) >= 11 is 0. The number of pyridine rings is 1. The second-order valence-corrected chi connectivity index (χ2v) is 8.36. The van der Waals surface area contributed by atoms with Gasteiger partial charge in [0.05, 0.1) is 5.56 Å². The summed E-state index contributed by atoms with van der Waals surface area (Å²) in [4.78, 5) is 9.12. The lowest BCUT2D eigenvalue weighted by Crippen LogP contribution is -2.47. The first kappa shape index (κ1) is 20.0. The lowest BCUT2D eigenvalue weighted by Gasteiger charge is -2.37. The van der Waals surface area contributed by atoms with Gasteiger partial charge in [-0.15, -0.1) is 10.2 Å². The molecule has 162 valence electrons. The number of phenols is 1. The molecule has 2 fully saturated rings. The number of anilines is 1. The van der Waals surface area contributed by atoms with E-state index in [2.05, 4.69) is 32.0 Å². The van der Waals surface area contributed by atoms with Gasteiger partial charge in [0.15, 0.2) is 5.82 Å². The predicted molar refractivity (Wildman–Crippen MR) is 111 cm³/mol. The van der Waals surface area contributed by atoms with Gasteiger partial charge in [-0.1, -0.05) is 0 Å². The molecular formula is C22H22F3N5O. The zero-order chi connectivity index (χ0) is 21.8. The van der Waals surface area contributed by atoms with Crippen LogP contribution in [0, 0.1) is 5.92 Å². The van der Waals surface area contributed by atoms with Gasteiger partial charge in [-0.3, -0.25) is 4.98 Å². The van der Waals surface area contributed by atoms with E-state index < -0.39 is 17.5 Å². The number of nitrogens with zero attached hydrogens (tertiary/aromatic N) is 5. The lowest BCUT2D eigenvalue weighted by atomic mass is 9.92. The number of likely N-dealkylation sites (N-methyl/N-ethyl adjacent to an activating group) is 1. The molecule has 1 N–H and O–H groups in total. The number of benzene rings is 1. The van der Waals surface area contributed by atoms with Crippen LogP contribution in [0.4, 0.5) is 19.0 Å². The average Bonchev–Trinajstić information content (AvgIpc) is 3.15. The number of piperidine rings is 1. The molecule has 2 atom stereocenters. The summed E-state index contributed by atoms with van der Waals surface area (Å²) in [5, 5.41) is 19.8. The minimum absolute atomic E-state index is 0.196. The molecule has 5 rings (SSSR count). The summed E-state index contributed by atoms with van der Waals surface area (Å²) in [7, 11) is 2.12. The summed E-state index contributed by atoms with van der Waals surface area (Å²) < 4.78 is 39.0. The van der Waals surface area contributed by atoms with Crippen LogP contribution in [-0.4, -0.2) is 57.9 Å². The molecule has 2 saturated heterocycles. The number of phenolic OH excluding ortho intramolecular Hbond substituents is 1. The highest BCUT2D eigenvalue weighted by molar-refractivity contribution is 5.98. The molecule has 2 aromatic heterocycles. The van der Waals surface area contributed by atoms with Crippen LogP contribution in [0.25, 0.3) is 22.2 Å². The van der Waals surface area contributed by atoms with Crippen LogP contribution in [0.15, 0.2) is 36.5 Å². The van der Waals surface area contributed by atoms with Gasteiger partial charge in [0.2, 0.25) is 0 Å². The van der Waals surface area contributed by atoms with Crippen LogP contribution in [0.5, 0.6) is 5.75 Å². The van der Waals surface area contributed by atoms with Crippen molar-refractivity contribution in [2.24, 2.45) is 5.92 Å². The van der Waals surface area contributed by atoms with Crippen molar-refractivity contribution < 1.29 is 18.3 Å². The topological polar surface area (TPSA) is 65.4 Å². The van der Waals surface area contributed by atoms with Crippen molar-refractivity contribution in [3.05, 3.63) is 42.1 Å². The number of rotatable bonds is 2. The zero-order valence-electron chi connectivity index (χ0n) is 17.0. The highest BCUT2D eigenvalue weighted by Crippen LogP contribution is 2.40. The van der Waals surface area contributed by atoms with Crippen molar-refractivity contribution >= 4 is 16.7 Å². The molecule has 4 heterocycles. The molecule has 1 aromatic carbocycles. The van der Waals surface area contributed by atoms with Gasteiger partial charge in [-0.25, -0.2) is 0 Å². The Morgan fingerprint density at radius 1 is 1.10 bits per heavy atom. The Morgan fingerprint density at radius 3 is 2.68 bits per heavy atom. The fraction of sp³-hybridized carbons (Fsp3) is 0.409. The first-order valence-corrected chi connectivity index (χ1v) is 10.3.